The third-order valence-electron chi connectivity index (χ3n) is 8.55. The van der Waals surface area contributed by atoms with Crippen LogP contribution in [0.3, 0.4) is 0 Å². The van der Waals surface area contributed by atoms with E-state index in [0.717, 1.165) is 77.0 Å². The normalized spacial score (nSPS) is 16.2. The van der Waals surface area contributed by atoms with E-state index in [9.17, 15) is 29.7 Å². The minimum atomic E-state index is -1.05. The predicted molar refractivity (Wildman–Crippen MR) is 201 cm³/mol. The number of carbonyl (C=O) groups excluding carboxylic acids is 3. The second-order valence-electron chi connectivity index (χ2n) is 13.4. The minimum Gasteiger partial charge on any atom is -0.461 e. The monoisotopic (exact) mass is 726 g/mol. The first-order valence-corrected chi connectivity index (χ1v) is 19.2. The third kappa shape index (κ3) is 27.7. The van der Waals surface area contributed by atoms with E-state index in [-0.39, 0.29) is 50.6 Å². The Morgan fingerprint density at radius 2 is 0.824 bits per heavy atom. The number of esters is 3. The molecular formula is C39H71N3O9. The summed E-state index contributed by atoms with van der Waals surface area (Å²) in [6.45, 7) is 5.64. The molecule has 6 unspecified atom stereocenters. The van der Waals surface area contributed by atoms with E-state index in [1.165, 1.54) is 0 Å². The zero-order valence-electron chi connectivity index (χ0n) is 31.7. The quantitative estimate of drug-likeness (QED) is 0.0239. The van der Waals surface area contributed by atoms with E-state index in [2.05, 4.69) is 20.8 Å². The molecule has 0 aliphatic carbocycles. The number of aliphatic hydroxyl groups excluding tert-OH is 3. The van der Waals surface area contributed by atoms with Crippen LogP contribution in [0, 0.1) is 0 Å². The van der Waals surface area contributed by atoms with E-state index in [1.807, 2.05) is 0 Å². The van der Waals surface area contributed by atoms with Crippen LogP contribution in [0.25, 0.3) is 0 Å². The van der Waals surface area contributed by atoms with Crippen LogP contribution in [0.2, 0.25) is 0 Å². The molecule has 0 fully saturated rings. The highest BCUT2D eigenvalue weighted by atomic mass is 16.6. The maximum Gasteiger partial charge on any atom is 0.310 e. The lowest BCUT2D eigenvalue weighted by molar-refractivity contribution is -0.165. The zero-order valence-corrected chi connectivity index (χ0v) is 31.7. The smallest absolute Gasteiger partial charge is 0.310 e. The summed E-state index contributed by atoms with van der Waals surface area (Å²) in [7, 11) is 0. The van der Waals surface area contributed by atoms with Crippen molar-refractivity contribution < 1.29 is 43.9 Å². The fourth-order valence-corrected chi connectivity index (χ4v) is 5.08. The molecule has 0 heterocycles. The van der Waals surface area contributed by atoms with E-state index in [1.54, 1.807) is 36.5 Å². The summed E-state index contributed by atoms with van der Waals surface area (Å²) in [6, 6.07) is -1.01. The molecule has 0 aromatic carbocycles. The molecule has 0 saturated heterocycles. The number of ether oxygens (including phenoxy) is 3. The first-order chi connectivity index (χ1) is 24.4. The minimum absolute atomic E-state index is 0.0667. The molecule has 0 amide bonds. The van der Waals surface area contributed by atoms with Crippen molar-refractivity contribution in [3.05, 3.63) is 36.5 Å². The molecule has 296 valence electrons. The molecule has 0 bridgehead atoms. The van der Waals surface area contributed by atoms with Gasteiger partial charge < -0.3 is 46.7 Å². The first-order valence-electron chi connectivity index (χ1n) is 19.2. The van der Waals surface area contributed by atoms with Crippen molar-refractivity contribution in [2.45, 2.75) is 179 Å². The van der Waals surface area contributed by atoms with Gasteiger partial charge in [-0.15, -0.1) is 0 Å². The Hall–Kier alpha value is -2.61. The molecule has 0 aliphatic rings. The summed E-state index contributed by atoms with van der Waals surface area (Å²) in [5, 5.41) is 30.8. The first kappa shape index (κ1) is 48.4. The highest BCUT2D eigenvalue weighted by Gasteiger charge is 2.20. The lowest BCUT2D eigenvalue weighted by atomic mass is 10.0. The zero-order chi connectivity index (χ0) is 38.3. The number of aliphatic hydroxyl groups is 3. The number of hydrogen-bond acceptors (Lipinski definition) is 12. The summed E-state index contributed by atoms with van der Waals surface area (Å²) in [5.41, 5.74) is 18.1. The molecule has 0 rings (SSSR count). The molecule has 0 saturated carbocycles. The average molecular weight is 726 g/mol. The Labute approximate surface area is 307 Å². The Balaban J connectivity index is 4.99. The van der Waals surface area contributed by atoms with Gasteiger partial charge in [0.05, 0.1) is 37.6 Å². The summed E-state index contributed by atoms with van der Waals surface area (Å²) in [4.78, 5) is 37.4. The molecule has 9 N–H and O–H groups in total. The summed E-state index contributed by atoms with van der Waals surface area (Å²) < 4.78 is 16.1. The fraction of sp³-hybridized carbons (Fsp3) is 0.769. The van der Waals surface area contributed by atoms with Gasteiger partial charge >= 0.3 is 17.9 Å². The fourth-order valence-electron chi connectivity index (χ4n) is 5.08. The number of hydrogen-bond donors (Lipinski definition) is 6. The van der Waals surface area contributed by atoms with Crippen LogP contribution >= 0.6 is 0 Å². The lowest BCUT2D eigenvalue weighted by Crippen LogP contribution is -2.34. The van der Waals surface area contributed by atoms with Crippen molar-refractivity contribution in [1.29, 1.82) is 0 Å². The topological polar surface area (TPSA) is 218 Å². The molecular weight excluding hydrogens is 654 g/mol. The molecule has 12 nitrogen and oxygen atoms in total. The van der Waals surface area contributed by atoms with Gasteiger partial charge in [0.1, 0.15) is 13.2 Å². The molecule has 6 atom stereocenters. The van der Waals surface area contributed by atoms with Crippen LogP contribution in [0.15, 0.2) is 36.5 Å². The molecule has 0 aliphatic heterocycles. The molecule has 0 aromatic heterocycles. The van der Waals surface area contributed by atoms with Crippen molar-refractivity contribution in [3.63, 3.8) is 0 Å². The maximum absolute atomic E-state index is 12.6. The molecule has 0 aromatic rings. The highest BCUT2D eigenvalue weighted by molar-refractivity contribution is 5.73. The van der Waals surface area contributed by atoms with Crippen LogP contribution in [0.5, 0.6) is 0 Å². The number of carbonyl (C=O) groups is 3. The second-order valence-corrected chi connectivity index (χ2v) is 13.4. The average Bonchev–Trinajstić information content (AvgIpc) is 3.11. The van der Waals surface area contributed by atoms with Gasteiger partial charge in [-0.1, -0.05) is 115 Å². The Morgan fingerprint density at radius 1 is 0.510 bits per heavy atom. The van der Waals surface area contributed by atoms with Crippen LogP contribution in [-0.2, 0) is 28.6 Å². The highest BCUT2D eigenvalue weighted by Crippen LogP contribution is 2.11. The van der Waals surface area contributed by atoms with Crippen molar-refractivity contribution in [2.24, 2.45) is 17.2 Å². The van der Waals surface area contributed by atoms with Crippen LogP contribution in [-0.4, -0.2) is 89.0 Å². The van der Waals surface area contributed by atoms with E-state index >= 15 is 0 Å². The van der Waals surface area contributed by atoms with Crippen molar-refractivity contribution in [3.8, 4) is 0 Å². The number of nitrogens with two attached hydrogens (primary N) is 3. The van der Waals surface area contributed by atoms with Crippen molar-refractivity contribution in [2.75, 3.05) is 13.2 Å². The Morgan fingerprint density at radius 3 is 1.14 bits per heavy atom. The van der Waals surface area contributed by atoms with Gasteiger partial charge in [-0.05, 0) is 38.5 Å². The van der Waals surface area contributed by atoms with E-state index in [4.69, 9.17) is 31.4 Å². The SMILES string of the molecule is CCCCCC(N)C(O)CC=CCC(=O)OCC(COC(=O)CC=CCC(O)C(N)CCCCC)OC(=O)CC=CCC(O)C(N)CCCCC. The molecule has 12 heteroatoms. The summed E-state index contributed by atoms with van der Waals surface area (Å²) in [5.74, 6) is -1.80. The Bertz CT molecular complexity index is 939. The molecule has 0 spiro atoms. The van der Waals surface area contributed by atoms with E-state index < -0.39 is 42.3 Å². The Kier molecular flexibility index (Phi) is 30.4. The van der Waals surface area contributed by atoms with Crippen LogP contribution < -0.4 is 17.2 Å². The van der Waals surface area contributed by atoms with Gasteiger partial charge in [-0.2, -0.15) is 0 Å². The second kappa shape index (κ2) is 32.1. The van der Waals surface area contributed by atoms with Gasteiger partial charge in [-0.3, -0.25) is 14.4 Å². The number of rotatable bonds is 32. The summed E-state index contributed by atoms with van der Waals surface area (Å²) >= 11 is 0. The van der Waals surface area contributed by atoms with Crippen molar-refractivity contribution >= 4 is 17.9 Å². The van der Waals surface area contributed by atoms with E-state index in [0.29, 0.717) is 19.3 Å². The molecule has 51 heavy (non-hydrogen) atoms. The van der Waals surface area contributed by atoms with Gasteiger partial charge in [-0.25, -0.2) is 0 Å². The largest absolute Gasteiger partial charge is 0.461 e. The molecule has 0 radical (unpaired) electrons. The van der Waals surface area contributed by atoms with Crippen molar-refractivity contribution in [1.82, 2.24) is 0 Å². The predicted octanol–water partition coefficient (Wildman–Crippen LogP) is 4.80. The maximum atomic E-state index is 12.6. The third-order valence-corrected chi connectivity index (χ3v) is 8.55. The van der Waals surface area contributed by atoms with Gasteiger partial charge in [0.25, 0.3) is 0 Å². The van der Waals surface area contributed by atoms with Gasteiger partial charge in [0.15, 0.2) is 6.10 Å². The van der Waals surface area contributed by atoms with Gasteiger partial charge in [0.2, 0.25) is 0 Å². The summed E-state index contributed by atoms with van der Waals surface area (Å²) in [6.07, 6.45) is 18.7. The lowest BCUT2D eigenvalue weighted by Gasteiger charge is -2.18. The van der Waals surface area contributed by atoms with Crippen LogP contribution in [0.1, 0.15) is 136 Å². The number of unbranched alkanes of at least 4 members (excludes halogenated alkanes) is 6. The van der Waals surface area contributed by atoms with Crippen LogP contribution in [0.4, 0.5) is 0 Å². The standard InChI is InChI=1S/C39H71N3O9/c1-4-7-10-19-31(40)34(43)22-13-16-25-37(46)49-28-30(51-39(48)27-18-15-24-36(45)33(42)21-12-9-6-3)29-50-38(47)26-17-14-23-35(44)32(41)20-11-8-5-2/h13-18,30-36,43-45H,4-12,19-29,40-42H2,1-3H3. The van der Waals surface area contributed by atoms with Gasteiger partial charge in [0, 0.05) is 18.1 Å².